The molecule has 1 aromatic carbocycles. The summed E-state index contributed by atoms with van der Waals surface area (Å²) >= 11 is 0. The third-order valence-corrected chi connectivity index (χ3v) is 4.62. The SMILES string of the molecule is O=C(CNC1CS(=O)(=O)CC1O)Nc1ccccc1. The van der Waals surface area contributed by atoms with E-state index in [1.807, 2.05) is 6.07 Å². The maximum absolute atomic E-state index is 11.6. The molecule has 7 heteroatoms. The Hall–Kier alpha value is -1.44. The molecule has 104 valence electrons. The van der Waals surface area contributed by atoms with Crippen molar-refractivity contribution >= 4 is 21.4 Å². The molecule has 0 bridgehead atoms. The minimum Gasteiger partial charge on any atom is -0.390 e. The molecular weight excluding hydrogens is 268 g/mol. The molecule has 0 aliphatic carbocycles. The Morgan fingerprint density at radius 1 is 1.26 bits per heavy atom. The summed E-state index contributed by atoms with van der Waals surface area (Å²) in [5.74, 6) is -0.653. The molecule has 1 aliphatic rings. The van der Waals surface area contributed by atoms with E-state index in [0.717, 1.165) is 0 Å². The van der Waals surface area contributed by atoms with Crippen molar-refractivity contribution in [1.29, 1.82) is 0 Å². The van der Waals surface area contributed by atoms with E-state index in [9.17, 15) is 18.3 Å². The largest absolute Gasteiger partial charge is 0.390 e. The van der Waals surface area contributed by atoms with Crippen molar-refractivity contribution in [2.24, 2.45) is 0 Å². The smallest absolute Gasteiger partial charge is 0.238 e. The summed E-state index contributed by atoms with van der Waals surface area (Å²) in [6.45, 7) is -0.0356. The molecule has 6 nitrogen and oxygen atoms in total. The zero-order valence-corrected chi connectivity index (χ0v) is 11.1. The molecule has 2 atom stereocenters. The summed E-state index contributed by atoms with van der Waals surface area (Å²) in [6, 6.07) is 8.38. The zero-order valence-electron chi connectivity index (χ0n) is 10.2. The van der Waals surface area contributed by atoms with Gasteiger partial charge in [0.2, 0.25) is 5.91 Å². The number of aliphatic hydroxyl groups is 1. The number of nitrogens with one attached hydrogen (secondary N) is 2. The normalized spacial score (nSPS) is 25.1. The van der Waals surface area contributed by atoms with E-state index in [1.165, 1.54) is 0 Å². The molecule has 1 aliphatic heterocycles. The first kappa shape index (κ1) is 14.0. The summed E-state index contributed by atoms with van der Waals surface area (Å²) in [5.41, 5.74) is 0.675. The van der Waals surface area contributed by atoms with Crippen LogP contribution in [0.25, 0.3) is 0 Å². The van der Waals surface area contributed by atoms with Gasteiger partial charge < -0.3 is 15.7 Å². The van der Waals surface area contributed by atoms with Crippen LogP contribution in [-0.2, 0) is 14.6 Å². The van der Waals surface area contributed by atoms with Crippen molar-refractivity contribution < 1.29 is 18.3 Å². The molecule has 2 unspecified atom stereocenters. The van der Waals surface area contributed by atoms with Gasteiger partial charge in [-0.25, -0.2) is 8.42 Å². The third kappa shape index (κ3) is 4.02. The van der Waals surface area contributed by atoms with Crippen LogP contribution in [0.15, 0.2) is 30.3 Å². The lowest BCUT2D eigenvalue weighted by molar-refractivity contribution is -0.115. The molecule has 19 heavy (non-hydrogen) atoms. The van der Waals surface area contributed by atoms with Gasteiger partial charge in [-0.3, -0.25) is 4.79 Å². The van der Waals surface area contributed by atoms with Gasteiger partial charge in [-0.2, -0.15) is 0 Å². The standard InChI is InChI=1S/C12H16N2O4S/c15-11-8-19(17,18)7-10(11)13-6-12(16)14-9-4-2-1-3-5-9/h1-5,10-11,13,15H,6-8H2,(H,14,16). The van der Waals surface area contributed by atoms with Gasteiger partial charge in [-0.05, 0) is 12.1 Å². The molecule has 1 saturated heterocycles. The molecule has 1 aromatic rings. The lowest BCUT2D eigenvalue weighted by atomic mass is 10.2. The number of hydrogen-bond donors (Lipinski definition) is 3. The second-order valence-corrected chi connectivity index (χ2v) is 6.70. The van der Waals surface area contributed by atoms with Crippen LogP contribution in [0.5, 0.6) is 0 Å². The molecule has 0 aromatic heterocycles. The summed E-state index contributed by atoms with van der Waals surface area (Å²) in [5, 5.41) is 15.0. The predicted molar refractivity (Wildman–Crippen MR) is 71.5 cm³/mol. The molecule has 1 fully saturated rings. The highest BCUT2D eigenvalue weighted by molar-refractivity contribution is 7.91. The Labute approximate surface area is 111 Å². The quantitative estimate of drug-likeness (QED) is 0.684. The van der Waals surface area contributed by atoms with Crippen LogP contribution >= 0.6 is 0 Å². The van der Waals surface area contributed by atoms with E-state index in [1.54, 1.807) is 24.3 Å². The predicted octanol–water partition coefficient (Wildman–Crippen LogP) is -0.627. The highest BCUT2D eigenvalue weighted by Crippen LogP contribution is 2.12. The van der Waals surface area contributed by atoms with Gasteiger partial charge in [0, 0.05) is 11.7 Å². The van der Waals surface area contributed by atoms with Crippen LogP contribution in [0.2, 0.25) is 0 Å². The number of sulfone groups is 1. The van der Waals surface area contributed by atoms with E-state index < -0.39 is 22.0 Å². The monoisotopic (exact) mass is 284 g/mol. The van der Waals surface area contributed by atoms with Crippen LogP contribution < -0.4 is 10.6 Å². The molecule has 1 amide bonds. The van der Waals surface area contributed by atoms with Crippen LogP contribution in [-0.4, -0.2) is 49.6 Å². The molecule has 0 spiro atoms. The van der Waals surface area contributed by atoms with E-state index in [-0.39, 0.29) is 24.0 Å². The number of aliphatic hydroxyl groups excluding tert-OH is 1. The number of amides is 1. The van der Waals surface area contributed by atoms with Gasteiger partial charge in [-0.15, -0.1) is 0 Å². The van der Waals surface area contributed by atoms with Crippen LogP contribution in [0.4, 0.5) is 5.69 Å². The number of carbonyl (C=O) groups excluding carboxylic acids is 1. The minimum absolute atomic E-state index is 0.0356. The lowest BCUT2D eigenvalue weighted by Gasteiger charge is -2.14. The molecule has 1 heterocycles. The number of hydrogen-bond acceptors (Lipinski definition) is 5. The highest BCUT2D eigenvalue weighted by atomic mass is 32.2. The first-order valence-corrected chi connectivity index (χ1v) is 7.75. The van der Waals surface area contributed by atoms with Crippen molar-refractivity contribution in [3.63, 3.8) is 0 Å². The Bertz CT molecular complexity index is 544. The van der Waals surface area contributed by atoms with Gasteiger partial charge in [0.25, 0.3) is 0 Å². The first-order valence-electron chi connectivity index (χ1n) is 5.93. The lowest BCUT2D eigenvalue weighted by Crippen LogP contribution is -2.42. The van der Waals surface area contributed by atoms with Crippen molar-refractivity contribution in [3.8, 4) is 0 Å². The molecule has 3 N–H and O–H groups in total. The summed E-state index contributed by atoms with van der Waals surface area (Å²) in [6.07, 6.45) is -0.950. The average molecular weight is 284 g/mol. The van der Waals surface area contributed by atoms with Crippen LogP contribution in [0.3, 0.4) is 0 Å². The Morgan fingerprint density at radius 3 is 2.53 bits per heavy atom. The van der Waals surface area contributed by atoms with Gasteiger partial charge >= 0.3 is 0 Å². The third-order valence-electron chi connectivity index (χ3n) is 2.91. The van der Waals surface area contributed by atoms with Gasteiger partial charge in [0.1, 0.15) is 0 Å². The first-order chi connectivity index (χ1) is 8.96. The Kier molecular flexibility index (Phi) is 4.18. The van der Waals surface area contributed by atoms with E-state index in [2.05, 4.69) is 10.6 Å². The highest BCUT2D eigenvalue weighted by Gasteiger charge is 2.36. The second-order valence-electron chi connectivity index (χ2n) is 4.55. The van der Waals surface area contributed by atoms with Gasteiger partial charge in [-0.1, -0.05) is 18.2 Å². The fourth-order valence-corrected chi connectivity index (χ4v) is 3.75. The second kappa shape index (κ2) is 5.68. The summed E-state index contributed by atoms with van der Waals surface area (Å²) in [4.78, 5) is 11.6. The average Bonchev–Trinajstić information content (AvgIpc) is 2.61. The van der Waals surface area contributed by atoms with Gasteiger partial charge in [0.15, 0.2) is 9.84 Å². The molecular formula is C12H16N2O4S. The van der Waals surface area contributed by atoms with Gasteiger partial charge in [0.05, 0.1) is 24.2 Å². The number of carbonyl (C=O) groups is 1. The van der Waals surface area contributed by atoms with E-state index in [4.69, 9.17) is 0 Å². The maximum atomic E-state index is 11.6. The maximum Gasteiger partial charge on any atom is 0.238 e. The van der Waals surface area contributed by atoms with Crippen molar-refractivity contribution in [2.45, 2.75) is 12.1 Å². The molecule has 2 rings (SSSR count). The zero-order chi connectivity index (χ0) is 13.9. The van der Waals surface area contributed by atoms with Crippen molar-refractivity contribution in [3.05, 3.63) is 30.3 Å². The van der Waals surface area contributed by atoms with Crippen molar-refractivity contribution in [1.82, 2.24) is 5.32 Å². The number of benzene rings is 1. The molecule has 0 saturated carbocycles. The topological polar surface area (TPSA) is 95.5 Å². The number of para-hydroxylation sites is 1. The van der Waals surface area contributed by atoms with E-state index in [0.29, 0.717) is 5.69 Å². The summed E-state index contributed by atoms with van der Waals surface area (Å²) in [7, 11) is -3.20. The van der Waals surface area contributed by atoms with Crippen LogP contribution in [0.1, 0.15) is 0 Å². The minimum atomic E-state index is -3.20. The fraction of sp³-hybridized carbons (Fsp3) is 0.417. The number of rotatable bonds is 4. The van der Waals surface area contributed by atoms with Crippen molar-refractivity contribution in [2.75, 3.05) is 23.4 Å². The molecule has 0 radical (unpaired) electrons. The summed E-state index contributed by atoms with van der Waals surface area (Å²) < 4.78 is 22.6. The van der Waals surface area contributed by atoms with E-state index >= 15 is 0 Å². The van der Waals surface area contributed by atoms with Crippen LogP contribution in [0, 0.1) is 0 Å². The number of anilines is 1. The Balaban J connectivity index is 1.81. The Morgan fingerprint density at radius 2 is 1.95 bits per heavy atom. The fourth-order valence-electron chi connectivity index (χ4n) is 1.97.